The number of aliphatic hydroxyl groups is 1. The Morgan fingerprint density at radius 3 is 2.38 bits per heavy atom. The topological polar surface area (TPSA) is 64.6 Å². The van der Waals surface area contributed by atoms with Crippen LogP contribution in [0.4, 0.5) is 5.69 Å². The van der Waals surface area contributed by atoms with Crippen molar-refractivity contribution in [1.82, 2.24) is 10.2 Å². The molecule has 0 radical (unpaired) electrons. The van der Waals surface area contributed by atoms with Crippen LogP contribution in [-0.4, -0.2) is 41.1 Å². The van der Waals surface area contributed by atoms with Crippen LogP contribution in [0.5, 0.6) is 0 Å². The largest absolute Gasteiger partial charge is 0.387 e. The van der Waals surface area contributed by atoms with Gasteiger partial charge in [-0.15, -0.1) is 0 Å². The van der Waals surface area contributed by atoms with Gasteiger partial charge in [0.05, 0.1) is 6.10 Å². The average Bonchev–Trinajstić information content (AvgIpc) is 2.50. The van der Waals surface area contributed by atoms with Crippen LogP contribution in [0.25, 0.3) is 0 Å². The minimum absolute atomic E-state index is 0.0405. The van der Waals surface area contributed by atoms with Gasteiger partial charge >= 0.3 is 0 Å². The fraction of sp³-hybridized carbons (Fsp3) is 0.632. The first-order chi connectivity index (χ1) is 11.2. The molecule has 0 saturated carbocycles. The van der Waals surface area contributed by atoms with E-state index in [2.05, 4.69) is 50.2 Å². The van der Waals surface area contributed by atoms with Crippen molar-refractivity contribution in [1.29, 1.82) is 0 Å². The van der Waals surface area contributed by atoms with E-state index in [0.29, 0.717) is 6.54 Å². The van der Waals surface area contributed by atoms with Gasteiger partial charge in [-0.25, -0.2) is 0 Å². The Bertz CT molecular complexity index is 534. The number of anilines is 1. The molecule has 0 aromatic heterocycles. The standard InChI is InChI=1S/C19H33N3O2/c1-7-22(8-2)13-16-11-15(9-10-17(16)21-14(3)23)18(24)12-20-19(4,5)6/h9-11,18,20,24H,7-8,12-13H2,1-6H3,(H,21,23). The molecule has 136 valence electrons. The lowest BCUT2D eigenvalue weighted by atomic mass is 10.0. The molecular weight excluding hydrogens is 302 g/mol. The van der Waals surface area contributed by atoms with Gasteiger partial charge in [0, 0.05) is 31.2 Å². The number of benzene rings is 1. The van der Waals surface area contributed by atoms with Crippen molar-refractivity contribution in [3.05, 3.63) is 29.3 Å². The number of carbonyl (C=O) groups excluding carboxylic acids is 1. The zero-order valence-electron chi connectivity index (χ0n) is 15.9. The predicted molar refractivity (Wildman–Crippen MR) is 100 cm³/mol. The van der Waals surface area contributed by atoms with Crippen LogP contribution in [0.2, 0.25) is 0 Å². The Balaban J connectivity index is 3.00. The highest BCUT2D eigenvalue weighted by molar-refractivity contribution is 5.89. The third-order valence-corrected chi connectivity index (χ3v) is 3.94. The highest BCUT2D eigenvalue weighted by atomic mass is 16.3. The third kappa shape index (κ3) is 6.99. The van der Waals surface area contributed by atoms with E-state index < -0.39 is 6.10 Å². The lowest BCUT2D eigenvalue weighted by Crippen LogP contribution is -2.38. The van der Waals surface area contributed by atoms with Gasteiger partial charge in [-0.1, -0.05) is 19.9 Å². The van der Waals surface area contributed by atoms with E-state index in [4.69, 9.17) is 0 Å². The van der Waals surface area contributed by atoms with E-state index in [1.165, 1.54) is 6.92 Å². The number of rotatable bonds is 8. The van der Waals surface area contributed by atoms with Gasteiger partial charge in [0.15, 0.2) is 0 Å². The summed E-state index contributed by atoms with van der Waals surface area (Å²) in [6, 6.07) is 5.76. The van der Waals surface area contributed by atoms with E-state index in [1.807, 2.05) is 18.2 Å². The quantitative estimate of drug-likeness (QED) is 0.683. The molecule has 1 atom stereocenters. The van der Waals surface area contributed by atoms with Gasteiger partial charge in [-0.3, -0.25) is 9.69 Å². The van der Waals surface area contributed by atoms with E-state index in [0.717, 1.165) is 36.4 Å². The summed E-state index contributed by atoms with van der Waals surface area (Å²) in [7, 11) is 0. The maximum Gasteiger partial charge on any atom is 0.221 e. The number of β-amino-alcohol motifs (C(OH)–C–C–N with tert-alkyl or cyclic N) is 1. The minimum atomic E-state index is -0.578. The van der Waals surface area contributed by atoms with Gasteiger partial charge in [0.2, 0.25) is 5.91 Å². The molecule has 1 aromatic carbocycles. The van der Waals surface area contributed by atoms with Crippen molar-refractivity contribution < 1.29 is 9.90 Å². The molecule has 0 saturated heterocycles. The average molecular weight is 335 g/mol. The molecule has 3 N–H and O–H groups in total. The second-order valence-corrected chi connectivity index (χ2v) is 7.21. The molecule has 5 nitrogen and oxygen atoms in total. The van der Waals surface area contributed by atoms with Crippen LogP contribution in [0.3, 0.4) is 0 Å². The van der Waals surface area contributed by atoms with E-state index >= 15 is 0 Å². The Morgan fingerprint density at radius 2 is 1.88 bits per heavy atom. The summed E-state index contributed by atoms with van der Waals surface area (Å²) in [5.41, 5.74) is 2.67. The summed E-state index contributed by atoms with van der Waals surface area (Å²) in [6.45, 7) is 15.1. The molecular formula is C19H33N3O2. The molecule has 1 unspecified atom stereocenters. The van der Waals surface area contributed by atoms with Crippen LogP contribution < -0.4 is 10.6 Å². The zero-order chi connectivity index (χ0) is 18.3. The van der Waals surface area contributed by atoms with Crippen LogP contribution >= 0.6 is 0 Å². The fourth-order valence-electron chi connectivity index (χ4n) is 2.47. The Labute approximate surface area is 146 Å². The molecule has 1 aromatic rings. The Hall–Kier alpha value is -1.43. The summed E-state index contributed by atoms with van der Waals surface area (Å²) >= 11 is 0. The van der Waals surface area contributed by atoms with Crippen molar-refractivity contribution in [2.24, 2.45) is 0 Å². The SMILES string of the molecule is CCN(CC)Cc1cc(C(O)CNC(C)(C)C)ccc1NC(C)=O. The first kappa shape index (κ1) is 20.6. The van der Waals surface area contributed by atoms with Crippen LogP contribution in [-0.2, 0) is 11.3 Å². The second-order valence-electron chi connectivity index (χ2n) is 7.21. The molecule has 1 amide bonds. The van der Waals surface area contributed by atoms with Crippen LogP contribution in [0, 0.1) is 0 Å². The maximum absolute atomic E-state index is 11.4. The lowest BCUT2D eigenvalue weighted by Gasteiger charge is -2.24. The lowest BCUT2D eigenvalue weighted by molar-refractivity contribution is -0.114. The van der Waals surface area contributed by atoms with Gasteiger partial charge in [-0.05, 0) is 57.1 Å². The van der Waals surface area contributed by atoms with Crippen molar-refractivity contribution >= 4 is 11.6 Å². The smallest absolute Gasteiger partial charge is 0.221 e. The fourth-order valence-corrected chi connectivity index (χ4v) is 2.47. The van der Waals surface area contributed by atoms with Crippen LogP contribution in [0.15, 0.2) is 18.2 Å². The third-order valence-electron chi connectivity index (χ3n) is 3.94. The molecule has 24 heavy (non-hydrogen) atoms. The Kier molecular flexibility index (Phi) is 7.87. The summed E-state index contributed by atoms with van der Waals surface area (Å²) in [5, 5.41) is 16.7. The number of hydrogen-bond donors (Lipinski definition) is 3. The van der Waals surface area contributed by atoms with Crippen molar-refractivity contribution in [2.75, 3.05) is 25.0 Å². The summed E-state index contributed by atoms with van der Waals surface area (Å²) in [5.74, 6) is -0.0847. The molecule has 5 heteroatoms. The predicted octanol–water partition coefficient (Wildman–Crippen LogP) is 2.91. The van der Waals surface area contributed by atoms with Gasteiger partial charge in [-0.2, -0.15) is 0 Å². The number of hydrogen-bond acceptors (Lipinski definition) is 4. The number of nitrogens with zero attached hydrogens (tertiary/aromatic N) is 1. The van der Waals surface area contributed by atoms with Crippen LogP contribution in [0.1, 0.15) is 58.8 Å². The molecule has 1 rings (SSSR count). The number of amides is 1. The molecule has 0 bridgehead atoms. The molecule has 0 aliphatic rings. The summed E-state index contributed by atoms with van der Waals surface area (Å²) in [6.07, 6.45) is -0.578. The van der Waals surface area contributed by atoms with Gasteiger partial charge in [0.25, 0.3) is 0 Å². The number of aliphatic hydroxyl groups excluding tert-OH is 1. The minimum Gasteiger partial charge on any atom is -0.387 e. The van der Waals surface area contributed by atoms with Crippen molar-refractivity contribution in [3.8, 4) is 0 Å². The number of nitrogens with one attached hydrogen (secondary N) is 2. The second kappa shape index (κ2) is 9.16. The van der Waals surface area contributed by atoms with E-state index in [-0.39, 0.29) is 11.4 Å². The van der Waals surface area contributed by atoms with Crippen molar-refractivity contribution in [3.63, 3.8) is 0 Å². The molecule has 0 aliphatic carbocycles. The molecule has 0 aliphatic heterocycles. The number of carbonyl (C=O) groups is 1. The van der Waals surface area contributed by atoms with Gasteiger partial charge < -0.3 is 15.7 Å². The highest BCUT2D eigenvalue weighted by Gasteiger charge is 2.16. The first-order valence-corrected chi connectivity index (χ1v) is 8.72. The summed E-state index contributed by atoms with van der Waals surface area (Å²) < 4.78 is 0. The Morgan fingerprint density at radius 1 is 1.25 bits per heavy atom. The molecule has 0 heterocycles. The first-order valence-electron chi connectivity index (χ1n) is 8.72. The van der Waals surface area contributed by atoms with Crippen molar-refractivity contribution in [2.45, 2.75) is 59.7 Å². The highest BCUT2D eigenvalue weighted by Crippen LogP contribution is 2.23. The molecule has 0 fully saturated rings. The van der Waals surface area contributed by atoms with Gasteiger partial charge in [0.1, 0.15) is 0 Å². The zero-order valence-corrected chi connectivity index (χ0v) is 15.9. The van der Waals surface area contributed by atoms with E-state index in [9.17, 15) is 9.90 Å². The molecule has 0 spiro atoms. The monoisotopic (exact) mass is 335 g/mol. The normalized spacial score (nSPS) is 13.2. The maximum atomic E-state index is 11.4. The summed E-state index contributed by atoms with van der Waals surface area (Å²) in [4.78, 5) is 13.7. The van der Waals surface area contributed by atoms with E-state index in [1.54, 1.807) is 0 Å².